The molecule has 1 aromatic rings. The van der Waals surface area contributed by atoms with Gasteiger partial charge in [0.15, 0.2) is 0 Å². The van der Waals surface area contributed by atoms with Crippen molar-refractivity contribution >= 4 is 33.6 Å². The number of halogens is 1. The minimum atomic E-state index is -3.53. The molecule has 7 heteroatoms. The second-order valence-electron chi connectivity index (χ2n) is 5.38. The molecule has 0 N–H and O–H groups in total. The van der Waals surface area contributed by atoms with Crippen molar-refractivity contribution in [2.24, 2.45) is 0 Å². The maximum Gasteiger partial charge on any atom is 0.236 e. The average molecular weight is 343 g/mol. The number of rotatable bonds is 4. The van der Waals surface area contributed by atoms with Crippen LogP contribution in [0, 0.1) is 0 Å². The first-order valence-corrected chi connectivity index (χ1v) is 8.83. The van der Waals surface area contributed by atoms with Gasteiger partial charge in [-0.3, -0.25) is 4.79 Å². The van der Waals surface area contributed by atoms with Crippen LogP contribution in [0.25, 0.3) is 6.08 Å². The number of likely N-dealkylation sites (tertiary alicyclic amines) is 1. The lowest BCUT2D eigenvalue weighted by Gasteiger charge is -2.34. The number of nitrogens with zero attached hydrogens (tertiary/aromatic N) is 2. The van der Waals surface area contributed by atoms with E-state index in [1.165, 1.54) is 9.71 Å². The Morgan fingerprint density at radius 2 is 1.95 bits per heavy atom. The molecule has 1 aliphatic rings. The maximum absolute atomic E-state index is 12.4. The molecule has 120 valence electrons. The van der Waals surface area contributed by atoms with Gasteiger partial charge >= 0.3 is 0 Å². The molecule has 22 heavy (non-hydrogen) atoms. The average Bonchev–Trinajstić information content (AvgIpc) is 2.49. The molecule has 1 heterocycles. The first kappa shape index (κ1) is 17.0. The molecule has 1 amide bonds. The summed E-state index contributed by atoms with van der Waals surface area (Å²) in [7, 11) is -0.283. The Morgan fingerprint density at radius 1 is 1.32 bits per heavy atom. The van der Waals surface area contributed by atoms with Gasteiger partial charge in [0.25, 0.3) is 0 Å². The van der Waals surface area contributed by atoms with Crippen molar-refractivity contribution in [3.8, 4) is 0 Å². The van der Waals surface area contributed by atoms with Gasteiger partial charge in [-0.25, -0.2) is 8.42 Å². The monoisotopic (exact) mass is 342 g/mol. The summed E-state index contributed by atoms with van der Waals surface area (Å²) in [6.45, 7) is 0.420. The molecule has 0 saturated carbocycles. The molecule has 0 bridgehead atoms. The number of hydrogen-bond acceptors (Lipinski definition) is 3. The van der Waals surface area contributed by atoms with Crippen molar-refractivity contribution in [1.29, 1.82) is 0 Å². The van der Waals surface area contributed by atoms with Crippen molar-refractivity contribution in [3.05, 3.63) is 40.3 Å². The van der Waals surface area contributed by atoms with Crippen molar-refractivity contribution in [2.75, 3.05) is 20.6 Å². The van der Waals surface area contributed by atoms with Crippen molar-refractivity contribution in [2.45, 2.75) is 18.9 Å². The third kappa shape index (κ3) is 4.09. The zero-order valence-corrected chi connectivity index (χ0v) is 14.1. The van der Waals surface area contributed by atoms with Crippen molar-refractivity contribution in [3.63, 3.8) is 0 Å². The van der Waals surface area contributed by atoms with E-state index >= 15 is 0 Å². The molecular weight excluding hydrogens is 324 g/mol. The first-order valence-electron chi connectivity index (χ1n) is 6.95. The van der Waals surface area contributed by atoms with Gasteiger partial charge in [0.1, 0.15) is 0 Å². The highest BCUT2D eigenvalue weighted by Gasteiger charge is 2.30. The number of piperidine rings is 1. The lowest BCUT2D eigenvalue weighted by molar-refractivity contribution is -0.133. The van der Waals surface area contributed by atoms with Crippen LogP contribution in [0.2, 0.25) is 5.02 Å². The third-order valence-electron chi connectivity index (χ3n) is 3.82. The van der Waals surface area contributed by atoms with Crippen LogP contribution in [0.3, 0.4) is 0 Å². The Morgan fingerprint density at radius 3 is 2.55 bits per heavy atom. The fraction of sp³-hybridized carbons (Fsp3) is 0.400. The van der Waals surface area contributed by atoms with E-state index < -0.39 is 10.0 Å². The largest absolute Gasteiger partial charge is 0.344 e. The summed E-state index contributed by atoms with van der Waals surface area (Å²) in [4.78, 5) is 13.1. The van der Waals surface area contributed by atoms with E-state index in [1.54, 1.807) is 49.3 Å². The maximum atomic E-state index is 12.4. The second kappa shape index (κ2) is 6.81. The predicted molar refractivity (Wildman–Crippen MR) is 87.8 cm³/mol. The second-order valence-corrected chi connectivity index (χ2v) is 7.70. The summed E-state index contributed by atoms with van der Waals surface area (Å²) < 4.78 is 26.1. The Balaban J connectivity index is 2.09. The van der Waals surface area contributed by atoms with E-state index in [1.807, 2.05) is 0 Å². The van der Waals surface area contributed by atoms with Crippen molar-refractivity contribution in [1.82, 2.24) is 9.21 Å². The lowest BCUT2D eigenvalue weighted by Crippen LogP contribution is -2.48. The summed E-state index contributed by atoms with van der Waals surface area (Å²) in [6.07, 6.45) is 2.47. The van der Waals surface area contributed by atoms with E-state index in [-0.39, 0.29) is 11.9 Å². The fourth-order valence-electron chi connectivity index (χ4n) is 2.33. The highest BCUT2D eigenvalue weighted by atomic mass is 35.5. The smallest absolute Gasteiger partial charge is 0.236 e. The lowest BCUT2D eigenvalue weighted by atomic mass is 10.1. The molecule has 1 saturated heterocycles. The molecule has 5 nitrogen and oxygen atoms in total. The van der Waals surface area contributed by atoms with Crippen LogP contribution in [-0.2, 0) is 14.8 Å². The summed E-state index contributed by atoms with van der Waals surface area (Å²) >= 11 is 5.80. The quantitative estimate of drug-likeness (QED) is 0.842. The van der Waals surface area contributed by atoms with Gasteiger partial charge < -0.3 is 4.90 Å². The molecule has 1 unspecified atom stereocenters. The Bertz CT molecular complexity index is 671. The molecular formula is C15H19ClN2O3S. The SMILES string of the molecule is CN1CC(N(C)S(=O)(=O)/C=C/c2ccc(Cl)cc2)CCC1=O. The van der Waals surface area contributed by atoms with Gasteiger partial charge in [-0.1, -0.05) is 23.7 Å². The van der Waals surface area contributed by atoms with E-state index in [2.05, 4.69) is 0 Å². The number of likely N-dealkylation sites (N-methyl/N-ethyl adjacent to an activating group) is 2. The van der Waals surface area contributed by atoms with E-state index in [4.69, 9.17) is 11.6 Å². The molecule has 0 aromatic heterocycles. The zero-order chi connectivity index (χ0) is 16.3. The van der Waals surface area contributed by atoms with Crippen molar-refractivity contribution < 1.29 is 13.2 Å². The van der Waals surface area contributed by atoms with Gasteiger partial charge in [0.2, 0.25) is 15.9 Å². The highest BCUT2D eigenvalue weighted by molar-refractivity contribution is 7.92. The van der Waals surface area contributed by atoms with Gasteiger partial charge in [0, 0.05) is 43.5 Å². The predicted octanol–water partition coefficient (Wildman–Crippen LogP) is 2.19. The molecule has 0 radical (unpaired) electrons. The molecule has 1 fully saturated rings. The number of carbonyl (C=O) groups is 1. The fourth-order valence-corrected chi connectivity index (χ4v) is 3.56. The van der Waals surface area contributed by atoms with Gasteiger partial charge in [-0.15, -0.1) is 0 Å². The van der Waals surface area contributed by atoms with Crippen LogP contribution in [0.5, 0.6) is 0 Å². The Labute approximate surface area is 136 Å². The zero-order valence-electron chi connectivity index (χ0n) is 12.6. The van der Waals surface area contributed by atoms with Crippen LogP contribution in [0.4, 0.5) is 0 Å². The van der Waals surface area contributed by atoms with Crippen LogP contribution in [0.15, 0.2) is 29.7 Å². The molecule has 0 spiro atoms. The molecule has 0 aliphatic carbocycles. The molecule has 2 rings (SSSR count). The number of amides is 1. The Kier molecular flexibility index (Phi) is 5.26. The number of sulfonamides is 1. The molecule has 1 aliphatic heterocycles. The number of benzene rings is 1. The molecule has 1 aromatic carbocycles. The normalized spacial score (nSPS) is 20.1. The van der Waals surface area contributed by atoms with Crippen LogP contribution < -0.4 is 0 Å². The number of carbonyl (C=O) groups excluding carboxylic acids is 1. The minimum Gasteiger partial charge on any atom is -0.344 e. The first-order chi connectivity index (χ1) is 10.3. The Hall–Kier alpha value is -1.37. The summed E-state index contributed by atoms with van der Waals surface area (Å²) in [6, 6.07) is 6.73. The van der Waals surface area contributed by atoms with Crippen LogP contribution in [0.1, 0.15) is 18.4 Å². The van der Waals surface area contributed by atoms with Crippen LogP contribution in [-0.4, -0.2) is 50.2 Å². The number of hydrogen-bond donors (Lipinski definition) is 0. The molecule has 1 atom stereocenters. The third-order valence-corrected chi connectivity index (χ3v) is 5.65. The van der Waals surface area contributed by atoms with Gasteiger partial charge in [-0.05, 0) is 30.2 Å². The van der Waals surface area contributed by atoms with Gasteiger partial charge in [-0.2, -0.15) is 4.31 Å². The topological polar surface area (TPSA) is 57.7 Å². The standard InChI is InChI=1S/C15H19ClN2O3S/c1-17-11-14(7-8-15(17)19)18(2)22(20,21)10-9-12-3-5-13(16)6-4-12/h3-6,9-10,14H,7-8,11H2,1-2H3/b10-9+. The van der Waals surface area contributed by atoms with E-state index in [0.717, 1.165) is 5.56 Å². The summed E-state index contributed by atoms with van der Waals surface area (Å²) in [5.41, 5.74) is 0.761. The minimum absolute atomic E-state index is 0.0544. The van der Waals surface area contributed by atoms with E-state index in [9.17, 15) is 13.2 Å². The van der Waals surface area contributed by atoms with Crippen LogP contribution >= 0.6 is 11.6 Å². The summed E-state index contributed by atoms with van der Waals surface area (Å²) in [5, 5.41) is 1.79. The summed E-state index contributed by atoms with van der Waals surface area (Å²) in [5.74, 6) is 0.0544. The van der Waals surface area contributed by atoms with E-state index in [0.29, 0.717) is 24.4 Å². The highest BCUT2D eigenvalue weighted by Crippen LogP contribution is 2.19. The van der Waals surface area contributed by atoms with Gasteiger partial charge in [0.05, 0.1) is 0 Å².